The largest absolute Gasteiger partial charge is 0.494 e. The summed E-state index contributed by atoms with van der Waals surface area (Å²) in [6.45, 7) is 1.71. The third kappa shape index (κ3) is 3.17. The minimum absolute atomic E-state index is 0.0732. The number of nitro groups is 1. The van der Waals surface area contributed by atoms with Gasteiger partial charge in [0.1, 0.15) is 11.4 Å². The van der Waals surface area contributed by atoms with Gasteiger partial charge in [0.05, 0.1) is 19.1 Å². The highest BCUT2D eigenvalue weighted by Gasteiger charge is 2.12. The molecular formula is C11H14N2O4. The number of rotatable bonds is 5. The molecule has 92 valence electrons. The summed E-state index contributed by atoms with van der Waals surface area (Å²) in [4.78, 5) is 14.4. The predicted octanol–water partition coefficient (Wildman–Crippen LogP) is 2.13. The molecule has 0 amide bonds. The van der Waals surface area contributed by atoms with Gasteiger partial charge < -0.3 is 9.47 Å². The zero-order valence-electron chi connectivity index (χ0n) is 9.97. The Morgan fingerprint density at radius 2 is 2.18 bits per heavy atom. The van der Waals surface area contributed by atoms with E-state index in [0.717, 1.165) is 0 Å². The average molecular weight is 238 g/mol. The second-order valence-corrected chi connectivity index (χ2v) is 3.19. The monoisotopic (exact) mass is 238 g/mol. The molecule has 1 aromatic heterocycles. The summed E-state index contributed by atoms with van der Waals surface area (Å²) in [7, 11) is 2.97. The quantitative estimate of drug-likeness (QED) is 0.580. The molecule has 0 saturated carbocycles. The molecule has 6 heteroatoms. The van der Waals surface area contributed by atoms with Crippen LogP contribution in [0, 0.1) is 10.1 Å². The van der Waals surface area contributed by atoms with E-state index in [1.165, 1.54) is 20.3 Å². The summed E-state index contributed by atoms with van der Waals surface area (Å²) in [6, 6.07) is 3.29. The number of hydrogen-bond acceptors (Lipinski definition) is 5. The highest BCUT2D eigenvalue weighted by Crippen LogP contribution is 2.23. The number of nitrogens with zero attached hydrogens (tertiary/aromatic N) is 2. The summed E-state index contributed by atoms with van der Waals surface area (Å²) < 4.78 is 10.0. The smallest absolute Gasteiger partial charge is 0.248 e. The van der Waals surface area contributed by atoms with Crippen LogP contribution in [0.3, 0.4) is 0 Å². The minimum Gasteiger partial charge on any atom is -0.494 e. The molecule has 1 aromatic rings. The lowest BCUT2D eigenvalue weighted by molar-refractivity contribution is -0.425. The zero-order chi connectivity index (χ0) is 12.8. The minimum atomic E-state index is -0.430. The summed E-state index contributed by atoms with van der Waals surface area (Å²) >= 11 is 0. The molecule has 17 heavy (non-hydrogen) atoms. The molecule has 0 aromatic carbocycles. The topological polar surface area (TPSA) is 74.5 Å². The highest BCUT2D eigenvalue weighted by molar-refractivity contribution is 5.55. The molecule has 0 fully saturated rings. The van der Waals surface area contributed by atoms with E-state index >= 15 is 0 Å². The normalized spacial score (nSPS) is 11.1. The van der Waals surface area contributed by atoms with Crippen molar-refractivity contribution in [3.05, 3.63) is 33.6 Å². The highest BCUT2D eigenvalue weighted by atomic mass is 16.6. The maximum atomic E-state index is 10.7. The van der Waals surface area contributed by atoms with Crippen LogP contribution in [-0.2, 0) is 0 Å². The first-order chi connectivity index (χ1) is 8.12. The van der Waals surface area contributed by atoms with Crippen molar-refractivity contribution in [3.8, 4) is 11.6 Å². The SMILES string of the molecule is CC/C(=C\c1nc(OC)ccc1OC)[N+](=O)[O-]. The Balaban J connectivity index is 3.22. The molecule has 0 radical (unpaired) electrons. The Labute approximate surface area is 99.0 Å². The summed E-state index contributed by atoms with van der Waals surface area (Å²) in [5, 5.41) is 10.7. The van der Waals surface area contributed by atoms with Gasteiger partial charge in [0.25, 0.3) is 0 Å². The van der Waals surface area contributed by atoms with Gasteiger partial charge in [-0.2, -0.15) is 0 Å². The summed E-state index contributed by atoms with van der Waals surface area (Å²) in [5.74, 6) is 0.856. The van der Waals surface area contributed by atoms with Crippen molar-refractivity contribution in [1.82, 2.24) is 4.98 Å². The second-order valence-electron chi connectivity index (χ2n) is 3.19. The molecule has 6 nitrogen and oxygen atoms in total. The van der Waals surface area contributed by atoms with Gasteiger partial charge in [-0.1, -0.05) is 6.92 Å². The molecule has 1 rings (SSSR count). The van der Waals surface area contributed by atoms with Gasteiger partial charge >= 0.3 is 0 Å². The van der Waals surface area contributed by atoms with E-state index in [2.05, 4.69) is 4.98 Å². The Bertz CT molecular complexity index is 443. The van der Waals surface area contributed by atoms with Crippen molar-refractivity contribution in [2.45, 2.75) is 13.3 Å². The average Bonchev–Trinajstić information content (AvgIpc) is 2.35. The van der Waals surface area contributed by atoms with Crippen molar-refractivity contribution in [3.63, 3.8) is 0 Å². The first-order valence-corrected chi connectivity index (χ1v) is 5.06. The molecule has 0 aliphatic heterocycles. The molecule has 1 heterocycles. The third-order valence-corrected chi connectivity index (χ3v) is 2.19. The van der Waals surface area contributed by atoms with Gasteiger partial charge in [-0.05, 0) is 6.07 Å². The van der Waals surface area contributed by atoms with Crippen LogP contribution in [-0.4, -0.2) is 24.1 Å². The Kier molecular flexibility index (Phi) is 4.45. The maximum absolute atomic E-state index is 10.7. The maximum Gasteiger partial charge on any atom is 0.248 e. The molecule has 0 aliphatic rings. The summed E-state index contributed by atoms with van der Waals surface area (Å²) in [6.07, 6.45) is 1.70. The molecule has 0 spiro atoms. The summed E-state index contributed by atoms with van der Waals surface area (Å²) in [5.41, 5.74) is 0.462. The Morgan fingerprint density at radius 3 is 2.65 bits per heavy atom. The lowest BCUT2D eigenvalue weighted by Crippen LogP contribution is -1.99. The fourth-order valence-electron chi connectivity index (χ4n) is 1.27. The van der Waals surface area contributed by atoms with Crippen molar-refractivity contribution in [2.75, 3.05) is 14.2 Å². The number of pyridine rings is 1. The van der Waals surface area contributed by atoms with Gasteiger partial charge in [0, 0.05) is 18.6 Å². The van der Waals surface area contributed by atoms with Crippen LogP contribution < -0.4 is 9.47 Å². The number of allylic oxidation sites excluding steroid dienone is 1. The fraction of sp³-hybridized carbons (Fsp3) is 0.364. The fourth-order valence-corrected chi connectivity index (χ4v) is 1.27. The molecule has 0 bridgehead atoms. The third-order valence-electron chi connectivity index (χ3n) is 2.19. The van der Waals surface area contributed by atoms with Crippen LogP contribution in [0.15, 0.2) is 17.8 Å². The van der Waals surface area contributed by atoms with Crippen LogP contribution >= 0.6 is 0 Å². The Hall–Kier alpha value is -2.11. The van der Waals surface area contributed by atoms with E-state index in [-0.39, 0.29) is 5.70 Å². The lowest BCUT2D eigenvalue weighted by atomic mass is 10.2. The molecule has 0 atom stereocenters. The molecule has 0 saturated heterocycles. The second kappa shape index (κ2) is 5.83. The van der Waals surface area contributed by atoms with E-state index in [0.29, 0.717) is 23.7 Å². The Morgan fingerprint density at radius 1 is 1.47 bits per heavy atom. The van der Waals surface area contributed by atoms with Crippen LogP contribution in [0.1, 0.15) is 19.0 Å². The standard InChI is InChI=1S/C11H14N2O4/c1-4-8(13(14)15)7-9-10(16-2)5-6-11(12-9)17-3/h5-7H,4H2,1-3H3/b8-7+. The molecule has 0 unspecified atom stereocenters. The van der Waals surface area contributed by atoms with E-state index in [1.54, 1.807) is 19.1 Å². The van der Waals surface area contributed by atoms with Gasteiger partial charge in [0.15, 0.2) is 0 Å². The zero-order valence-corrected chi connectivity index (χ0v) is 9.97. The van der Waals surface area contributed by atoms with E-state index in [1.807, 2.05) is 0 Å². The molecule has 0 N–H and O–H groups in total. The molecule has 0 aliphatic carbocycles. The number of methoxy groups -OCH3 is 2. The van der Waals surface area contributed by atoms with Gasteiger partial charge in [-0.15, -0.1) is 0 Å². The number of hydrogen-bond donors (Lipinski definition) is 0. The van der Waals surface area contributed by atoms with Crippen LogP contribution in [0.25, 0.3) is 6.08 Å². The molecular weight excluding hydrogens is 224 g/mol. The van der Waals surface area contributed by atoms with Crippen molar-refractivity contribution >= 4 is 6.08 Å². The lowest BCUT2D eigenvalue weighted by Gasteiger charge is -2.06. The van der Waals surface area contributed by atoms with Crippen molar-refractivity contribution < 1.29 is 14.4 Å². The first-order valence-electron chi connectivity index (χ1n) is 5.06. The van der Waals surface area contributed by atoms with E-state index in [9.17, 15) is 10.1 Å². The van der Waals surface area contributed by atoms with Gasteiger partial charge in [-0.25, -0.2) is 4.98 Å². The van der Waals surface area contributed by atoms with E-state index in [4.69, 9.17) is 9.47 Å². The first kappa shape index (κ1) is 13.0. The van der Waals surface area contributed by atoms with Crippen LogP contribution in [0.4, 0.5) is 0 Å². The van der Waals surface area contributed by atoms with Crippen molar-refractivity contribution in [1.29, 1.82) is 0 Å². The van der Waals surface area contributed by atoms with Crippen LogP contribution in [0.2, 0.25) is 0 Å². The van der Waals surface area contributed by atoms with E-state index < -0.39 is 4.92 Å². The number of aromatic nitrogens is 1. The predicted molar refractivity (Wildman–Crippen MR) is 62.6 cm³/mol. The van der Waals surface area contributed by atoms with Gasteiger partial charge in [0.2, 0.25) is 11.6 Å². The number of ether oxygens (including phenoxy) is 2. The van der Waals surface area contributed by atoms with Crippen molar-refractivity contribution in [2.24, 2.45) is 0 Å². The van der Waals surface area contributed by atoms with Crippen LogP contribution in [0.5, 0.6) is 11.6 Å². The van der Waals surface area contributed by atoms with Gasteiger partial charge in [-0.3, -0.25) is 10.1 Å².